The number of rotatable bonds is 7. The third kappa shape index (κ3) is 4.69. The van der Waals surface area contributed by atoms with Crippen LogP contribution in [0.2, 0.25) is 0 Å². The predicted molar refractivity (Wildman–Crippen MR) is 149 cm³/mol. The lowest BCUT2D eigenvalue weighted by molar-refractivity contribution is 0.0951. The van der Waals surface area contributed by atoms with Crippen LogP contribution in [-0.2, 0) is 0 Å². The number of hydrogen-bond donors (Lipinski definition) is 2. The summed E-state index contributed by atoms with van der Waals surface area (Å²) in [5, 5.41) is 6.31. The molecule has 0 saturated carbocycles. The maximum atomic E-state index is 15.3. The Balaban J connectivity index is 1.65. The van der Waals surface area contributed by atoms with Crippen molar-refractivity contribution in [3.63, 3.8) is 0 Å². The average Bonchev–Trinajstić information content (AvgIpc) is 3.47. The van der Waals surface area contributed by atoms with Crippen LogP contribution in [0.1, 0.15) is 47.1 Å². The van der Waals surface area contributed by atoms with E-state index >= 15 is 4.39 Å². The fraction of sp³-hybridized carbons (Fsp3) is 0.444. The fourth-order valence-electron chi connectivity index (χ4n) is 5.38. The monoisotopic (exact) mass is 524 g/mol. The Hall–Kier alpha value is -3.08. The molecule has 5 rings (SSSR count). The highest BCUT2D eigenvalue weighted by atomic mass is 32.1. The molecule has 0 aromatic carbocycles. The number of likely N-dealkylation sites (tertiary alicyclic amines) is 1. The Morgan fingerprint density at radius 1 is 1.35 bits per heavy atom. The van der Waals surface area contributed by atoms with Crippen molar-refractivity contribution in [2.24, 2.45) is 0 Å². The van der Waals surface area contributed by atoms with Crippen molar-refractivity contribution >= 4 is 51.1 Å². The second-order valence-corrected chi connectivity index (χ2v) is 10.7. The third-order valence-electron chi connectivity index (χ3n) is 7.33. The van der Waals surface area contributed by atoms with Gasteiger partial charge < -0.3 is 20.4 Å². The van der Waals surface area contributed by atoms with Crippen molar-refractivity contribution < 1.29 is 9.18 Å². The van der Waals surface area contributed by atoms with E-state index in [0.29, 0.717) is 36.2 Å². The summed E-state index contributed by atoms with van der Waals surface area (Å²) in [5.41, 5.74) is 0.617. The van der Waals surface area contributed by atoms with E-state index in [-0.39, 0.29) is 16.8 Å². The van der Waals surface area contributed by atoms with Crippen LogP contribution in [0, 0.1) is 5.82 Å². The van der Waals surface area contributed by atoms with Gasteiger partial charge in [0.25, 0.3) is 5.91 Å². The molecule has 2 aliphatic heterocycles. The first-order chi connectivity index (χ1) is 17.9. The van der Waals surface area contributed by atoms with Gasteiger partial charge in [0.1, 0.15) is 10.4 Å². The highest BCUT2D eigenvalue weighted by Gasteiger charge is 2.27. The highest BCUT2D eigenvalue weighted by Crippen LogP contribution is 2.32. The third-order valence-corrected chi connectivity index (χ3v) is 8.50. The molecule has 2 N–H and O–H groups in total. The fourth-order valence-corrected chi connectivity index (χ4v) is 6.50. The molecule has 3 aromatic heterocycles. The van der Waals surface area contributed by atoms with E-state index in [9.17, 15) is 9.59 Å². The number of amides is 1. The number of piperazine rings is 1. The van der Waals surface area contributed by atoms with Gasteiger partial charge in [0, 0.05) is 38.8 Å². The molecule has 0 aliphatic carbocycles. The zero-order chi connectivity index (χ0) is 26.1. The molecule has 3 aromatic rings. The molecular weight excluding hydrogens is 491 g/mol. The molecule has 1 unspecified atom stereocenters. The maximum Gasteiger partial charge on any atom is 0.258 e. The number of nitrogens with zero attached hydrogens (tertiary/aromatic N) is 4. The zero-order valence-corrected chi connectivity index (χ0v) is 22.2. The number of hydrogen-bond acceptors (Lipinski definition) is 7. The van der Waals surface area contributed by atoms with Crippen molar-refractivity contribution in [2.45, 2.75) is 32.2 Å². The van der Waals surface area contributed by atoms with Gasteiger partial charge in [0.05, 0.1) is 16.0 Å². The van der Waals surface area contributed by atoms with Crippen molar-refractivity contribution in [3.05, 3.63) is 50.9 Å². The minimum atomic E-state index is -0.561. The summed E-state index contributed by atoms with van der Waals surface area (Å²) in [6.45, 7) is 10.1. The smallest absolute Gasteiger partial charge is 0.258 e. The van der Waals surface area contributed by atoms with Crippen molar-refractivity contribution in [3.8, 4) is 0 Å². The van der Waals surface area contributed by atoms with Gasteiger partial charge in [-0.2, -0.15) is 0 Å². The number of carbonyl (C=O) groups is 1. The van der Waals surface area contributed by atoms with Crippen molar-refractivity contribution in [2.75, 3.05) is 51.2 Å². The molecule has 0 radical (unpaired) electrons. The summed E-state index contributed by atoms with van der Waals surface area (Å²) >= 11 is 1.32. The van der Waals surface area contributed by atoms with Crippen LogP contribution in [0.25, 0.3) is 28.0 Å². The average molecular weight is 525 g/mol. The number of nitrogens with one attached hydrogen (secondary N) is 2. The van der Waals surface area contributed by atoms with Crippen molar-refractivity contribution in [1.29, 1.82) is 0 Å². The summed E-state index contributed by atoms with van der Waals surface area (Å²) in [6, 6.07) is 1.67. The first kappa shape index (κ1) is 25.6. The Bertz CT molecular complexity index is 1440. The predicted octanol–water partition coefficient (Wildman–Crippen LogP) is 3.35. The Kier molecular flexibility index (Phi) is 7.41. The number of fused-ring (bicyclic) bond motifs is 3. The van der Waals surface area contributed by atoms with Gasteiger partial charge >= 0.3 is 0 Å². The molecule has 1 atom stereocenters. The van der Waals surface area contributed by atoms with Crippen LogP contribution in [0.5, 0.6) is 0 Å². The maximum absolute atomic E-state index is 15.3. The summed E-state index contributed by atoms with van der Waals surface area (Å²) in [4.78, 5) is 37.3. The molecule has 5 heterocycles. The number of thiazole rings is 1. The quantitative estimate of drug-likeness (QED) is 0.494. The molecule has 196 valence electrons. The topological polar surface area (TPSA) is 82.0 Å². The zero-order valence-electron chi connectivity index (χ0n) is 21.3. The first-order valence-electron chi connectivity index (χ1n) is 12.9. The van der Waals surface area contributed by atoms with E-state index in [2.05, 4.69) is 34.1 Å². The number of allylic oxidation sites excluding steroid dienone is 1. The van der Waals surface area contributed by atoms with E-state index in [1.54, 1.807) is 6.08 Å². The van der Waals surface area contributed by atoms with E-state index in [4.69, 9.17) is 0 Å². The second kappa shape index (κ2) is 10.7. The minimum Gasteiger partial charge on any atom is -0.352 e. The number of carbonyl (C=O) groups excluding carboxylic acids is 1. The lowest BCUT2D eigenvalue weighted by Crippen LogP contribution is -2.44. The minimum absolute atomic E-state index is 0.0206. The summed E-state index contributed by atoms with van der Waals surface area (Å²) in [5.74, 6) is -0.785. The highest BCUT2D eigenvalue weighted by molar-refractivity contribution is 7.19. The van der Waals surface area contributed by atoms with E-state index < -0.39 is 17.2 Å². The van der Waals surface area contributed by atoms with Gasteiger partial charge in [-0.1, -0.05) is 12.7 Å². The normalized spacial score (nSPS) is 18.9. The van der Waals surface area contributed by atoms with Crippen LogP contribution in [0.3, 0.4) is 0 Å². The van der Waals surface area contributed by atoms with E-state index in [0.717, 1.165) is 49.5 Å². The standard InChI is InChI=1S/C27H33FN6O2S/c1-4-7-20-21(5-2)37-27-22(26(36)30-10-9-17-8-6-13-32(17)3)23(35)18-16-19(28)25(31-24(18)34(20)27)33-14-11-29-12-15-33/h4-5,7,16-17,29H,2,6,8-15H2,1,3H3,(H,30,36)/b7-4-. The molecule has 8 nitrogen and oxygen atoms in total. The van der Waals surface area contributed by atoms with E-state index in [1.807, 2.05) is 28.4 Å². The van der Waals surface area contributed by atoms with E-state index in [1.165, 1.54) is 17.4 Å². The van der Waals surface area contributed by atoms with Crippen LogP contribution < -0.4 is 21.0 Å². The van der Waals surface area contributed by atoms with Crippen LogP contribution >= 0.6 is 11.3 Å². The lowest BCUT2D eigenvalue weighted by atomic mass is 10.1. The van der Waals surface area contributed by atoms with Gasteiger partial charge in [-0.15, -0.1) is 11.3 Å². The SMILES string of the molecule is C=Cc1sc2c(C(=O)NCCC3CCCN3C)c(=O)c3cc(F)c(N4CCNCC4)nc3n2c1/C=C\C. The summed E-state index contributed by atoms with van der Waals surface area (Å²) < 4.78 is 17.2. The number of anilines is 1. The molecule has 2 saturated heterocycles. The largest absolute Gasteiger partial charge is 0.352 e. The van der Waals surface area contributed by atoms with Gasteiger partial charge in [0.15, 0.2) is 17.3 Å². The molecular formula is C27H33FN6O2S. The summed E-state index contributed by atoms with van der Waals surface area (Å²) in [6.07, 6.45) is 8.58. The Morgan fingerprint density at radius 3 is 2.81 bits per heavy atom. The number of halogens is 1. The number of aromatic nitrogens is 2. The van der Waals surface area contributed by atoms with Crippen LogP contribution in [-0.4, -0.2) is 72.5 Å². The van der Waals surface area contributed by atoms with Crippen LogP contribution in [0.15, 0.2) is 23.5 Å². The second-order valence-electron chi connectivity index (χ2n) is 9.62. The summed E-state index contributed by atoms with van der Waals surface area (Å²) in [7, 11) is 2.10. The lowest BCUT2D eigenvalue weighted by Gasteiger charge is -2.28. The van der Waals surface area contributed by atoms with Crippen molar-refractivity contribution in [1.82, 2.24) is 24.9 Å². The van der Waals surface area contributed by atoms with Gasteiger partial charge in [-0.05, 0) is 58.0 Å². The van der Waals surface area contributed by atoms with Gasteiger partial charge in [-0.25, -0.2) is 9.37 Å². The molecule has 1 amide bonds. The Labute approximate surface area is 219 Å². The molecule has 2 fully saturated rings. The number of pyridine rings is 2. The first-order valence-corrected chi connectivity index (χ1v) is 13.7. The molecule has 37 heavy (non-hydrogen) atoms. The molecule has 2 aliphatic rings. The molecule has 0 spiro atoms. The van der Waals surface area contributed by atoms with Gasteiger partial charge in [-0.3, -0.25) is 14.0 Å². The molecule has 0 bridgehead atoms. The van der Waals surface area contributed by atoms with Gasteiger partial charge in [0.2, 0.25) is 5.43 Å². The molecule has 10 heteroatoms. The Morgan fingerprint density at radius 2 is 2.14 bits per heavy atom. The van der Waals surface area contributed by atoms with Crippen LogP contribution in [0.4, 0.5) is 10.2 Å².